The highest BCUT2D eigenvalue weighted by molar-refractivity contribution is 5.93. The van der Waals surface area contributed by atoms with E-state index in [1.807, 2.05) is 17.9 Å². The highest BCUT2D eigenvalue weighted by atomic mass is 19.1. The minimum Gasteiger partial charge on any atom is -0.468 e. The van der Waals surface area contributed by atoms with Gasteiger partial charge in [-0.3, -0.25) is 14.3 Å². The second-order valence-corrected chi connectivity index (χ2v) is 7.19. The molecule has 8 heteroatoms. The van der Waals surface area contributed by atoms with Crippen LogP contribution in [0.2, 0.25) is 0 Å². The van der Waals surface area contributed by atoms with E-state index in [-0.39, 0.29) is 12.5 Å². The number of aromatic nitrogens is 1. The molecule has 2 heterocycles. The third-order valence-electron chi connectivity index (χ3n) is 5.09. The summed E-state index contributed by atoms with van der Waals surface area (Å²) in [5, 5.41) is 12.6. The van der Waals surface area contributed by atoms with Crippen molar-refractivity contribution in [3.63, 3.8) is 0 Å². The van der Waals surface area contributed by atoms with Crippen molar-refractivity contribution in [2.75, 3.05) is 32.1 Å². The first-order chi connectivity index (χ1) is 14.9. The molecule has 0 unspecified atom stereocenters. The highest BCUT2D eigenvalue weighted by Gasteiger charge is 2.22. The normalized spacial score (nSPS) is 11.0. The van der Waals surface area contributed by atoms with Gasteiger partial charge in [-0.1, -0.05) is 6.07 Å². The first kappa shape index (κ1) is 22.3. The number of anilines is 1. The summed E-state index contributed by atoms with van der Waals surface area (Å²) >= 11 is 0. The minimum atomic E-state index is -0.400. The van der Waals surface area contributed by atoms with Gasteiger partial charge in [0, 0.05) is 19.3 Å². The fraction of sp³-hybridized carbons (Fsp3) is 0.304. The van der Waals surface area contributed by atoms with Gasteiger partial charge in [0.1, 0.15) is 23.5 Å². The largest absolute Gasteiger partial charge is 0.468 e. The van der Waals surface area contributed by atoms with E-state index in [1.165, 1.54) is 12.1 Å². The predicted octanol–water partition coefficient (Wildman–Crippen LogP) is 3.79. The molecule has 3 aromatic rings. The number of rotatable bonds is 9. The number of halogens is 1. The van der Waals surface area contributed by atoms with Crippen LogP contribution in [0.3, 0.4) is 0 Å². The molecule has 0 bridgehead atoms. The molecule has 0 saturated heterocycles. The molecule has 7 nitrogen and oxygen atoms in total. The van der Waals surface area contributed by atoms with Gasteiger partial charge >= 0.3 is 0 Å². The standard InChI is InChI=1S/C23H25FN4O3/c1-16-17(2)28(19-7-4-6-18(24)12-19)23(21(16)13-25)26-22(29)15-27(9-11-30-3)14-20-8-5-10-31-20/h4-8,10,12H,9,11,14-15H2,1-3H3,(H,26,29). The Labute approximate surface area is 180 Å². The summed E-state index contributed by atoms with van der Waals surface area (Å²) in [6.45, 7) is 5.13. The molecule has 0 saturated carbocycles. The number of ether oxygens (including phenoxy) is 1. The highest BCUT2D eigenvalue weighted by Crippen LogP contribution is 2.30. The van der Waals surface area contributed by atoms with Crippen LogP contribution >= 0.6 is 0 Å². The Morgan fingerprint density at radius 2 is 2.13 bits per heavy atom. The third-order valence-corrected chi connectivity index (χ3v) is 5.09. The number of benzene rings is 1. The van der Waals surface area contributed by atoms with Gasteiger partial charge in [0.15, 0.2) is 0 Å². The Hall–Kier alpha value is -3.41. The van der Waals surface area contributed by atoms with Crippen molar-refractivity contribution in [2.45, 2.75) is 20.4 Å². The first-order valence-electron chi connectivity index (χ1n) is 9.86. The summed E-state index contributed by atoms with van der Waals surface area (Å²) in [7, 11) is 1.60. The number of hydrogen-bond acceptors (Lipinski definition) is 5. The van der Waals surface area contributed by atoms with Crippen LogP contribution in [0.4, 0.5) is 10.2 Å². The summed E-state index contributed by atoms with van der Waals surface area (Å²) in [5.41, 5.74) is 2.37. The van der Waals surface area contributed by atoms with Crippen molar-refractivity contribution in [3.8, 4) is 11.8 Å². The van der Waals surface area contributed by atoms with Crippen LogP contribution in [0.1, 0.15) is 22.6 Å². The van der Waals surface area contributed by atoms with Gasteiger partial charge in [0.2, 0.25) is 5.91 Å². The van der Waals surface area contributed by atoms with E-state index in [0.717, 1.165) is 17.0 Å². The number of nitrogens with one attached hydrogen (secondary N) is 1. The number of methoxy groups -OCH3 is 1. The molecule has 0 atom stereocenters. The van der Waals surface area contributed by atoms with E-state index < -0.39 is 5.82 Å². The van der Waals surface area contributed by atoms with Gasteiger partial charge in [-0.15, -0.1) is 0 Å². The lowest BCUT2D eigenvalue weighted by molar-refractivity contribution is -0.117. The van der Waals surface area contributed by atoms with Gasteiger partial charge < -0.3 is 14.5 Å². The summed E-state index contributed by atoms with van der Waals surface area (Å²) in [6, 6.07) is 11.8. The van der Waals surface area contributed by atoms with Crippen molar-refractivity contribution >= 4 is 11.7 Å². The Balaban J connectivity index is 1.87. The molecular weight excluding hydrogens is 399 g/mol. The lowest BCUT2D eigenvalue weighted by Crippen LogP contribution is -2.35. The Bertz CT molecular complexity index is 1080. The van der Waals surface area contributed by atoms with Crippen LogP contribution < -0.4 is 5.32 Å². The Morgan fingerprint density at radius 1 is 1.32 bits per heavy atom. The molecule has 3 rings (SSSR count). The number of hydrogen-bond donors (Lipinski definition) is 1. The summed E-state index contributed by atoms with van der Waals surface area (Å²) in [6.07, 6.45) is 1.58. The van der Waals surface area contributed by atoms with E-state index in [1.54, 1.807) is 43.1 Å². The lowest BCUT2D eigenvalue weighted by Gasteiger charge is -2.21. The molecular formula is C23H25FN4O3. The molecule has 2 aromatic heterocycles. The zero-order valence-electron chi connectivity index (χ0n) is 17.8. The van der Waals surface area contributed by atoms with Gasteiger partial charge in [0.05, 0.1) is 37.2 Å². The smallest absolute Gasteiger partial charge is 0.239 e. The second-order valence-electron chi connectivity index (χ2n) is 7.19. The molecule has 0 radical (unpaired) electrons. The van der Waals surface area contributed by atoms with Crippen LogP contribution in [0, 0.1) is 31.0 Å². The van der Waals surface area contributed by atoms with Crippen LogP contribution in [-0.2, 0) is 16.1 Å². The SMILES string of the molecule is COCCN(CC(=O)Nc1c(C#N)c(C)c(C)n1-c1cccc(F)c1)Cc1ccco1. The molecule has 0 aliphatic rings. The molecule has 1 N–H and O–H groups in total. The minimum absolute atomic E-state index is 0.0708. The van der Waals surface area contributed by atoms with Crippen molar-refractivity contribution in [2.24, 2.45) is 0 Å². The Morgan fingerprint density at radius 3 is 2.77 bits per heavy atom. The van der Waals surface area contributed by atoms with E-state index >= 15 is 0 Å². The molecule has 0 fully saturated rings. The number of furan rings is 1. The number of nitriles is 1. The average molecular weight is 424 g/mol. The van der Waals surface area contributed by atoms with Gasteiger partial charge in [-0.25, -0.2) is 4.39 Å². The maximum atomic E-state index is 13.8. The number of amides is 1. The summed E-state index contributed by atoms with van der Waals surface area (Å²) in [5.74, 6) is 0.367. The van der Waals surface area contributed by atoms with Crippen molar-refractivity contribution in [3.05, 3.63) is 71.1 Å². The number of carbonyl (C=O) groups excluding carboxylic acids is 1. The maximum absolute atomic E-state index is 13.8. The zero-order chi connectivity index (χ0) is 22.4. The summed E-state index contributed by atoms with van der Waals surface area (Å²) in [4.78, 5) is 14.8. The van der Waals surface area contributed by atoms with E-state index in [9.17, 15) is 14.4 Å². The van der Waals surface area contributed by atoms with E-state index in [0.29, 0.717) is 36.8 Å². The van der Waals surface area contributed by atoms with E-state index in [2.05, 4.69) is 11.4 Å². The molecule has 0 spiro atoms. The lowest BCUT2D eigenvalue weighted by atomic mass is 10.2. The van der Waals surface area contributed by atoms with Crippen LogP contribution in [0.15, 0.2) is 47.1 Å². The molecule has 1 amide bonds. The molecule has 162 valence electrons. The Kier molecular flexibility index (Phi) is 7.23. The fourth-order valence-electron chi connectivity index (χ4n) is 3.43. The van der Waals surface area contributed by atoms with Gasteiger partial charge in [-0.2, -0.15) is 5.26 Å². The van der Waals surface area contributed by atoms with Gasteiger partial charge in [-0.05, 0) is 49.7 Å². The predicted molar refractivity (Wildman–Crippen MR) is 114 cm³/mol. The zero-order valence-corrected chi connectivity index (χ0v) is 17.8. The molecule has 0 aliphatic carbocycles. The van der Waals surface area contributed by atoms with Crippen molar-refractivity contribution in [1.82, 2.24) is 9.47 Å². The number of carbonyl (C=O) groups is 1. The fourth-order valence-corrected chi connectivity index (χ4v) is 3.43. The average Bonchev–Trinajstić information content (AvgIpc) is 3.32. The topological polar surface area (TPSA) is 83.4 Å². The number of nitrogens with zero attached hydrogens (tertiary/aromatic N) is 3. The van der Waals surface area contributed by atoms with Crippen LogP contribution in [-0.4, -0.2) is 42.2 Å². The molecule has 31 heavy (non-hydrogen) atoms. The first-order valence-corrected chi connectivity index (χ1v) is 9.86. The van der Waals surface area contributed by atoms with Crippen molar-refractivity contribution < 1.29 is 18.3 Å². The molecule has 0 aliphatic heterocycles. The molecule has 1 aromatic carbocycles. The third kappa shape index (κ3) is 5.20. The monoisotopic (exact) mass is 424 g/mol. The van der Waals surface area contributed by atoms with Crippen LogP contribution in [0.5, 0.6) is 0 Å². The van der Waals surface area contributed by atoms with E-state index in [4.69, 9.17) is 9.15 Å². The van der Waals surface area contributed by atoms with Crippen LogP contribution in [0.25, 0.3) is 5.69 Å². The quantitative estimate of drug-likeness (QED) is 0.565. The maximum Gasteiger partial charge on any atom is 0.239 e. The van der Waals surface area contributed by atoms with Crippen molar-refractivity contribution in [1.29, 1.82) is 5.26 Å². The summed E-state index contributed by atoms with van der Waals surface area (Å²) < 4.78 is 26.1. The van der Waals surface area contributed by atoms with Gasteiger partial charge in [0.25, 0.3) is 0 Å². The second kappa shape index (κ2) is 10.1.